The summed E-state index contributed by atoms with van der Waals surface area (Å²) in [5.74, 6) is -3.28. The number of benzene rings is 3. The third kappa shape index (κ3) is 4.93. The Morgan fingerprint density at radius 3 is 1.67 bits per heavy atom. The lowest BCUT2D eigenvalue weighted by atomic mass is 9.67. The Hall–Kier alpha value is -3.99. The molecule has 0 unspecified atom stereocenters. The highest BCUT2D eigenvalue weighted by molar-refractivity contribution is 6.14. The van der Waals surface area contributed by atoms with Crippen LogP contribution in [0, 0.1) is 18.8 Å². The number of rotatable bonds is 5. The van der Waals surface area contributed by atoms with Gasteiger partial charge in [0.2, 0.25) is 11.8 Å². The molecule has 0 fully saturated rings. The molecule has 0 bridgehead atoms. The van der Waals surface area contributed by atoms with E-state index in [1.165, 1.54) is 6.08 Å². The van der Waals surface area contributed by atoms with Crippen molar-refractivity contribution < 1.29 is 14.4 Å². The fourth-order valence-corrected chi connectivity index (χ4v) is 4.38. The largest absolute Gasteiger partial charge is 0.326 e. The van der Waals surface area contributed by atoms with E-state index in [-0.39, 0.29) is 11.7 Å². The quantitative estimate of drug-likeness (QED) is 0.543. The highest BCUT2D eigenvalue weighted by Gasteiger charge is 2.46. The molecule has 1 aliphatic carbocycles. The summed E-state index contributed by atoms with van der Waals surface area (Å²) in [5, 5.41) is 5.81. The first-order valence-corrected chi connectivity index (χ1v) is 10.9. The van der Waals surface area contributed by atoms with E-state index < -0.39 is 23.7 Å². The van der Waals surface area contributed by atoms with E-state index in [1.54, 1.807) is 19.1 Å². The zero-order valence-electron chi connectivity index (χ0n) is 18.6. The maximum absolute atomic E-state index is 13.5. The van der Waals surface area contributed by atoms with Gasteiger partial charge in [-0.05, 0) is 49.8 Å². The first-order valence-electron chi connectivity index (χ1n) is 10.9. The minimum Gasteiger partial charge on any atom is -0.326 e. The Morgan fingerprint density at radius 2 is 1.15 bits per heavy atom. The highest BCUT2D eigenvalue weighted by Crippen LogP contribution is 2.42. The number of amides is 2. The SMILES string of the molecule is CC1=CC(=O)[C@H](C(=O)Nc2ccccc2)[C@H](c2ccc(C)cc2)[C@H]1C(=O)Nc1ccccc1. The topological polar surface area (TPSA) is 75.3 Å². The molecule has 5 heteroatoms. The van der Waals surface area contributed by atoms with Gasteiger partial charge in [0.05, 0.1) is 5.92 Å². The van der Waals surface area contributed by atoms with E-state index in [0.717, 1.165) is 11.1 Å². The highest BCUT2D eigenvalue weighted by atomic mass is 16.2. The first kappa shape index (κ1) is 22.2. The van der Waals surface area contributed by atoms with Crippen molar-refractivity contribution >= 4 is 29.0 Å². The molecular formula is C28H26N2O3. The van der Waals surface area contributed by atoms with Crippen LogP contribution in [0.2, 0.25) is 0 Å². The second-order valence-corrected chi connectivity index (χ2v) is 8.39. The number of carbonyl (C=O) groups is 3. The van der Waals surface area contributed by atoms with Crippen LogP contribution >= 0.6 is 0 Å². The van der Waals surface area contributed by atoms with Crippen molar-refractivity contribution in [3.05, 3.63) is 108 Å². The summed E-state index contributed by atoms with van der Waals surface area (Å²) in [6, 6.07) is 25.9. The molecule has 3 atom stereocenters. The normalized spacial score (nSPS) is 20.0. The third-order valence-electron chi connectivity index (χ3n) is 6.00. The van der Waals surface area contributed by atoms with Gasteiger partial charge in [-0.2, -0.15) is 0 Å². The number of anilines is 2. The molecule has 1 aliphatic rings. The number of carbonyl (C=O) groups excluding carboxylic acids is 3. The van der Waals surface area contributed by atoms with Gasteiger partial charge in [0, 0.05) is 17.3 Å². The number of para-hydroxylation sites is 2. The van der Waals surface area contributed by atoms with Crippen LogP contribution in [0.1, 0.15) is 24.0 Å². The van der Waals surface area contributed by atoms with Crippen LogP contribution in [0.4, 0.5) is 11.4 Å². The smallest absolute Gasteiger partial charge is 0.235 e. The summed E-state index contributed by atoms with van der Waals surface area (Å²) in [6.45, 7) is 3.75. The van der Waals surface area contributed by atoms with Gasteiger partial charge < -0.3 is 10.6 Å². The summed E-state index contributed by atoms with van der Waals surface area (Å²) in [4.78, 5) is 40.0. The average Bonchev–Trinajstić information content (AvgIpc) is 2.80. The number of allylic oxidation sites excluding steroid dienone is 1. The van der Waals surface area contributed by atoms with Crippen molar-refractivity contribution in [3.8, 4) is 0 Å². The monoisotopic (exact) mass is 438 g/mol. The lowest BCUT2D eigenvalue weighted by molar-refractivity contribution is -0.131. The Balaban J connectivity index is 1.74. The zero-order chi connectivity index (χ0) is 23.4. The molecule has 3 aromatic rings. The first-order chi connectivity index (χ1) is 15.9. The van der Waals surface area contributed by atoms with Gasteiger partial charge in [0.25, 0.3) is 0 Å². The molecule has 0 aliphatic heterocycles. The van der Waals surface area contributed by atoms with Crippen LogP contribution in [0.15, 0.2) is 96.6 Å². The number of nitrogens with one attached hydrogen (secondary N) is 2. The van der Waals surface area contributed by atoms with Crippen molar-refractivity contribution in [1.82, 2.24) is 0 Å². The second kappa shape index (κ2) is 9.65. The van der Waals surface area contributed by atoms with Crippen molar-refractivity contribution in [2.75, 3.05) is 10.6 Å². The molecule has 0 aromatic heterocycles. The molecule has 0 heterocycles. The molecule has 33 heavy (non-hydrogen) atoms. The van der Waals surface area contributed by atoms with Crippen LogP contribution in [0.5, 0.6) is 0 Å². The maximum Gasteiger partial charge on any atom is 0.235 e. The molecule has 0 saturated heterocycles. The minimum atomic E-state index is -1.02. The number of ketones is 1. The molecular weight excluding hydrogens is 412 g/mol. The molecule has 4 rings (SSSR count). The van der Waals surface area contributed by atoms with Crippen LogP contribution in [0.25, 0.3) is 0 Å². The van der Waals surface area contributed by atoms with Gasteiger partial charge >= 0.3 is 0 Å². The third-order valence-corrected chi connectivity index (χ3v) is 6.00. The van der Waals surface area contributed by atoms with Gasteiger partial charge in [0.1, 0.15) is 5.92 Å². The predicted molar refractivity (Wildman–Crippen MR) is 130 cm³/mol. The Bertz CT molecular complexity index is 1180. The Morgan fingerprint density at radius 1 is 0.667 bits per heavy atom. The lowest BCUT2D eigenvalue weighted by Crippen LogP contribution is -2.44. The van der Waals surface area contributed by atoms with E-state index >= 15 is 0 Å². The van der Waals surface area contributed by atoms with Gasteiger partial charge in [-0.25, -0.2) is 0 Å². The summed E-state index contributed by atoms with van der Waals surface area (Å²) in [5.41, 5.74) is 3.75. The van der Waals surface area contributed by atoms with Gasteiger partial charge in [-0.3, -0.25) is 14.4 Å². The molecule has 0 radical (unpaired) electrons. The van der Waals surface area contributed by atoms with Crippen LogP contribution in [-0.4, -0.2) is 17.6 Å². The van der Waals surface area contributed by atoms with Gasteiger partial charge in [0.15, 0.2) is 5.78 Å². The van der Waals surface area contributed by atoms with E-state index in [1.807, 2.05) is 79.7 Å². The average molecular weight is 439 g/mol. The molecule has 0 saturated carbocycles. The molecule has 166 valence electrons. The lowest BCUT2D eigenvalue weighted by Gasteiger charge is -2.35. The molecule has 3 aromatic carbocycles. The fourth-order valence-electron chi connectivity index (χ4n) is 4.38. The zero-order valence-corrected chi connectivity index (χ0v) is 18.6. The maximum atomic E-state index is 13.5. The minimum absolute atomic E-state index is 0.245. The summed E-state index contributed by atoms with van der Waals surface area (Å²) in [7, 11) is 0. The van der Waals surface area contributed by atoms with Gasteiger partial charge in [-0.1, -0.05) is 71.8 Å². The van der Waals surface area contributed by atoms with Gasteiger partial charge in [-0.15, -0.1) is 0 Å². The van der Waals surface area contributed by atoms with E-state index in [0.29, 0.717) is 16.9 Å². The Labute approximate surface area is 193 Å². The van der Waals surface area contributed by atoms with Crippen molar-refractivity contribution in [2.45, 2.75) is 19.8 Å². The number of aryl methyl sites for hydroxylation is 1. The number of hydrogen-bond donors (Lipinski definition) is 2. The van der Waals surface area contributed by atoms with E-state index in [4.69, 9.17) is 0 Å². The van der Waals surface area contributed by atoms with Crippen molar-refractivity contribution in [3.63, 3.8) is 0 Å². The standard InChI is InChI=1S/C28H26N2O3/c1-18-13-15-20(16-14-18)25-24(27(32)29-21-9-5-3-6-10-21)19(2)17-23(31)26(25)28(33)30-22-11-7-4-8-12-22/h3-17,24-26H,1-2H3,(H,29,32)(H,30,33)/t24-,25+,26-/m0/s1. The predicted octanol–water partition coefficient (Wildman–Crippen LogP) is 5.12. The molecule has 5 nitrogen and oxygen atoms in total. The van der Waals surface area contributed by atoms with Crippen molar-refractivity contribution in [1.29, 1.82) is 0 Å². The van der Waals surface area contributed by atoms with Crippen LogP contribution < -0.4 is 10.6 Å². The summed E-state index contributed by atoms with van der Waals surface area (Å²) < 4.78 is 0. The second-order valence-electron chi connectivity index (χ2n) is 8.39. The summed E-state index contributed by atoms with van der Waals surface area (Å²) >= 11 is 0. The molecule has 0 spiro atoms. The summed E-state index contributed by atoms with van der Waals surface area (Å²) in [6.07, 6.45) is 1.44. The fraction of sp³-hybridized carbons (Fsp3) is 0.179. The Kier molecular flexibility index (Phi) is 6.50. The van der Waals surface area contributed by atoms with E-state index in [9.17, 15) is 14.4 Å². The van der Waals surface area contributed by atoms with Crippen molar-refractivity contribution in [2.24, 2.45) is 11.8 Å². The van der Waals surface area contributed by atoms with Crippen LogP contribution in [-0.2, 0) is 14.4 Å². The molecule has 2 amide bonds. The molecule has 2 N–H and O–H groups in total. The van der Waals surface area contributed by atoms with E-state index in [2.05, 4.69) is 10.6 Å². The number of hydrogen-bond acceptors (Lipinski definition) is 3. The van der Waals surface area contributed by atoms with Crippen LogP contribution in [0.3, 0.4) is 0 Å².